The number of hydrogen-bond donors (Lipinski definition) is 2. The topological polar surface area (TPSA) is 84.3 Å². The Morgan fingerprint density at radius 1 is 0.865 bits per heavy atom. The molecule has 0 radical (unpaired) electrons. The van der Waals surface area contributed by atoms with Crippen molar-refractivity contribution in [3.05, 3.63) is 87.1 Å². The Morgan fingerprint density at radius 3 is 2.19 bits per heavy atom. The second-order valence-corrected chi connectivity index (χ2v) is 8.45. The van der Waals surface area contributed by atoms with E-state index < -0.39 is 12.2 Å². The van der Waals surface area contributed by atoms with Crippen molar-refractivity contribution < 1.29 is 22.3 Å². The Balaban J connectivity index is 1.62. The zero-order valence-electron chi connectivity index (χ0n) is 18.2. The Hall–Kier alpha value is -3.67. The van der Waals surface area contributed by atoms with E-state index in [1.807, 2.05) is 0 Å². The standard InChI is InChI=1S/C23H13Cl3F4N6O/c24-13-8-14(25)10-15(9-13)32-21-33-20(19-17(26)2-1-3-18(19)27)34-22(35-21)36-31-11-12-4-6-16(7-5-12)37-23(28,29)30/h1-11H,(H2,32,33,34,35,36)/b31-11-. The van der Waals surface area contributed by atoms with Crippen LogP contribution >= 0.6 is 34.8 Å². The highest BCUT2D eigenvalue weighted by atomic mass is 35.5. The zero-order chi connectivity index (χ0) is 26.6. The van der Waals surface area contributed by atoms with Gasteiger partial charge < -0.3 is 10.1 Å². The van der Waals surface area contributed by atoms with E-state index in [9.17, 15) is 17.6 Å². The molecule has 0 aliphatic carbocycles. The van der Waals surface area contributed by atoms with Crippen molar-refractivity contribution >= 4 is 58.6 Å². The number of ether oxygens (including phenoxy) is 1. The normalized spacial score (nSPS) is 11.5. The first kappa shape index (κ1) is 26.4. The second-order valence-electron chi connectivity index (χ2n) is 7.17. The molecule has 0 spiro atoms. The summed E-state index contributed by atoms with van der Waals surface area (Å²) < 4.78 is 55.4. The summed E-state index contributed by atoms with van der Waals surface area (Å²) in [5.41, 5.74) is 3.41. The molecule has 2 N–H and O–H groups in total. The molecule has 0 atom stereocenters. The number of hydrogen-bond acceptors (Lipinski definition) is 7. The van der Waals surface area contributed by atoms with Gasteiger partial charge in [0.15, 0.2) is 5.82 Å². The summed E-state index contributed by atoms with van der Waals surface area (Å²) in [5, 5.41) is 7.68. The predicted molar refractivity (Wildman–Crippen MR) is 134 cm³/mol. The predicted octanol–water partition coefficient (Wildman–Crippen LogP) is 7.73. The minimum atomic E-state index is -4.79. The number of hydrazone groups is 1. The molecular formula is C23H13Cl3F4N6O. The van der Waals surface area contributed by atoms with Crippen LogP contribution in [-0.4, -0.2) is 27.5 Å². The summed E-state index contributed by atoms with van der Waals surface area (Å²) in [6.07, 6.45) is -3.49. The van der Waals surface area contributed by atoms with Crippen LogP contribution in [0.25, 0.3) is 11.4 Å². The van der Waals surface area contributed by atoms with E-state index in [0.29, 0.717) is 21.3 Å². The maximum Gasteiger partial charge on any atom is 0.573 e. The van der Waals surface area contributed by atoms with Gasteiger partial charge in [0.25, 0.3) is 0 Å². The number of rotatable bonds is 7. The van der Waals surface area contributed by atoms with E-state index in [0.717, 1.165) is 12.1 Å². The van der Waals surface area contributed by atoms with Crippen LogP contribution in [0.15, 0.2) is 65.8 Å². The zero-order valence-corrected chi connectivity index (χ0v) is 20.5. The SMILES string of the molecule is Fc1cccc(Cl)c1-c1nc(N/N=C\c2ccc(OC(F)(F)F)cc2)nc(Nc2cc(Cl)cc(Cl)c2)n1. The van der Waals surface area contributed by atoms with Crippen molar-refractivity contribution in [3.63, 3.8) is 0 Å². The van der Waals surface area contributed by atoms with Gasteiger partial charge in [-0.15, -0.1) is 13.2 Å². The number of benzene rings is 3. The highest BCUT2D eigenvalue weighted by molar-refractivity contribution is 6.35. The fourth-order valence-corrected chi connectivity index (χ4v) is 3.75. The van der Waals surface area contributed by atoms with Crippen LogP contribution in [0.4, 0.5) is 35.1 Å². The Morgan fingerprint density at radius 2 is 1.54 bits per heavy atom. The molecule has 1 aromatic heterocycles. The van der Waals surface area contributed by atoms with E-state index >= 15 is 0 Å². The molecule has 0 aliphatic rings. The number of aromatic nitrogens is 3. The maximum atomic E-state index is 14.6. The van der Waals surface area contributed by atoms with Gasteiger partial charge >= 0.3 is 6.36 Å². The molecule has 4 rings (SSSR count). The van der Waals surface area contributed by atoms with Crippen LogP contribution < -0.4 is 15.5 Å². The first-order valence-corrected chi connectivity index (χ1v) is 11.3. The molecule has 0 amide bonds. The van der Waals surface area contributed by atoms with Crippen molar-refractivity contribution in [1.29, 1.82) is 0 Å². The van der Waals surface area contributed by atoms with Gasteiger partial charge in [0.2, 0.25) is 11.9 Å². The van der Waals surface area contributed by atoms with E-state index in [4.69, 9.17) is 34.8 Å². The van der Waals surface area contributed by atoms with Crippen LogP contribution in [0.5, 0.6) is 5.75 Å². The molecular weight excluding hydrogens is 559 g/mol. The van der Waals surface area contributed by atoms with Crippen LogP contribution in [0.2, 0.25) is 15.1 Å². The molecule has 190 valence electrons. The fourth-order valence-electron chi connectivity index (χ4n) is 2.98. The van der Waals surface area contributed by atoms with Crippen molar-refractivity contribution in [3.8, 4) is 17.1 Å². The van der Waals surface area contributed by atoms with E-state index in [-0.39, 0.29) is 34.1 Å². The van der Waals surface area contributed by atoms with E-state index in [2.05, 4.69) is 35.5 Å². The van der Waals surface area contributed by atoms with Gasteiger partial charge in [0, 0.05) is 15.7 Å². The summed E-state index contributed by atoms with van der Waals surface area (Å²) in [4.78, 5) is 12.6. The molecule has 0 unspecified atom stereocenters. The van der Waals surface area contributed by atoms with Gasteiger partial charge in [0.1, 0.15) is 11.6 Å². The van der Waals surface area contributed by atoms with Gasteiger partial charge in [-0.1, -0.05) is 40.9 Å². The quantitative estimate of drug-likeness (QED) is 0.134. The highest BCUT2D eigenvalue weighted by Gasteiger charge is 2.30. The molecule has 4 aromatic rings. The number of nitrogens with zero attached hydrogens (tertiary/aromatic N) is 4. The van der Waals surface area contributed by atoms with Gasteiger partial charge in [0.05, 0.1) is 16.8 Å². The summed E-state index contributed by atoms with van der Waals surface area (Å²) in [7, 11) is 0. The number of halogens is 7. The molecule has 14 heteroatoms. The lowest BCUT2D eigenvalue weighted by molar-refractivity contribution is -0.274. The van der Waals surface area contributed by atoms with Gasteiger partial charge in [-0.3, -0.25) is 0 Å². The first-order valence-electron chi connectivity index (χ1n) is 10.1. The molecule has 37 heavy (non-hydrogen) atoms. The van der Waals surface area contributed by atoms with Gasteiger partial charge in [-0.25, -0.2) is 9.82 Å². The summed E-state index contributed by atoms with van der Waals surface area (Å²) >= 11 is 18.3. The molecule has 0 aliphatic heterocycles. The first-order chi connectivity index (χ1) is 17.6. The second kappa shape index (κ2) is 11.2. The number of nitrogens with one attached hydrogen (secondary N) is 2. The molecule has 0 saturated carbocycles. The minimum Gasteiger partial charge on any atom is -0.406 e. The average molecular weight is 572 g/mol. The fraction of sp³-hybridized carbons (Fsp3) is 0.0435. The number of alkyl halides is 3. The molecule has 0 bridgehead atoms. The van der Waals surface area contributed by atoms with Crippen molar-refractivity contribution in [2.45, 2.75) is 6.36 Å². The maximum absolute atomic E-state index is 14.6. The molecule has 1 heterocycles. The third kappa shape index (κ3) is 7.42. The van der Waals surface area contributed by atoms with Gasteiger partial charge in [-0.2, -0.15) is 20.1 Å². The van der Waals surface area contributed by atoms with Crippen LogP contribution in [0.1, 0.15) is 5.56 Å². The molecule has 7 nitrogen and oxygen atoms in total. The lowest BCUT2D eigenvalue weighted by atomic mass is 10.2. The molecule has 0 fully saturated rings. The van der Waals surface area contributed by atoms with Crippen molar-refractivity contribution in [2.75, 3.05) is 10.7 Å². The van der Waals surface area contributed by atoms with Gasteiger partial charge in [-0.05, 0) is 60.2 Å². The third-order valence-electron chi connectivity index (χ3n) is 4.43. The van der Waals surface area contributed by atoms with Crippen molar-refractivity contribution in [2.24, 2.45) is 5.10 Å². The minimum absolute atomic E-state index is 0.00555. The van der Waals surface area contributed by atoms with Crippen LogP contribution in [0.3, 0.4) is 0 Å². The molecule has 0 saturated heterocycles. The number of anilines is 3. The Kier molecular flexibility index (Phi) is 7.96. The monoisotopic (exact) mass is 570 g/mol. The van der Waals surface area contributed by atoms with Crippen molar-refractivity contribution in [1.82, 2.24) is 15.0 Å². The van der Waals surface area contributed by atoms with Crippen LogP contribution in [-0.2, 0) is 0 Å². The van der Waals surface area contributed by atoms with E-state index in [1.54, 1.807) is 12.1 Å². The largest absolute Gasteiger partial charge is 0.573 e. The highest BCUT2D eigenvalue weighted by Crippen LogP contribution is 2.30. The van der Waals surface area contributed by atoms with E-state index in [1.165, 1.54) is 42.6 Å². The Labute approximate surface area is 222 Å². The summed E-state index contributed by atoms with van der Waals surface area (Å²) in [5.74, 6) is -1.23. The smallest absolute Gasteiger partial charge is 0.406 e. The summed E-state index contributed by atoms with van der Waals surface area (Å²) in [6.45, 7) is 0. The Bertz CT molecular complexity index is 1410. The average Bonchev–Trinajstić information content (AvgIpc) is 2.78. The lowest BCUT2D eigenvalue weighted by Crippen LogP contribution is -2.17. The lowest BCUT2D eigenvalue weighted by Gasteiger charge is -2.11. The third-order valence-corrected chi connectivity index (χ3v) is 5.18. The molecule has 3 aromatic carbocycles. The van der Waals surface area contributed by atoms with Crippen LogP contribution in [0, 0.1) is 5.82 Å². The summed E-state index contributed by atoms with van der Waals surface area (Å²) in [6, 6.07) is 13.8.